The van der Waals surface area contributed by atoms with E-state index in [2.05, 4.69) is 0 Å². The fourth-order valence-electron chi connectivity index (χ4n) is 1.95. The number of carbonyl (C=O) groups excluding carboxylic acids is 1. The molecule has 5 heteroatoms. The third-order valence-electron chi connectivity index (χ3n) is 2.97. The minimum atomic E-state index is -0.611. The van der Waals surface area contributed by atoms with Crippen LogP contribution in [-0.2, 0) is 0 Å². The van der Waals surface area contributed by atoms with Crippen molar-refractivity contribution in [1.29, 1.82) is 0 Å². The first-order valence-electron chi connectivity index (χ1n) is 6.24. The summed E-state index contributed by atoms with van der Waals surface area (Å²) >= 11 is 5.82. The first kappa shape index (κ1) is 13.6. The first-order valence-corrected chi connectivity index (χ1v) is 6.61. The highest BCUT2D eigenvalue weighted by molar-refractivity contribution is 6.32. The summed E-state index contributed by atoms with van der Waals surface area (Å²) in [6, 6.07) is 13.1. The van der Waals surface area contributed by atoms with Crippen molar-refractivity contribution in [2.45, 2.75) is 0 Å². The van der Waals surface area contributed by atoms with Gasteiger partial charge in [-0.1, -0.05) is 35.9 Å². The molecule has 3 nitrogen and oxygen atoms in total. The van der Waals surface area contributed by atoms with Gasteiger partial charge in [0.05, 0.1) is 5.02 Å². The zero-order valence-corrected chi connectivity index (χ0v) is 11.6. The highest BCUT2D eigenvalue weighted by atomic mass is 35.5. The van der Waals surface area contributed by atoms with Gasteiger partial charge in [-0.25, -0.2) is 4.39 Å². The molecule has 2 aromatic carbocycles. The van der Waals surface area contributed by atoms with Crippen molar-refractivity contribution in [1.82, 2.24) is 0 Å². The molecule has 0 bridgehead atoms. The largest absolute Gasteiger partial charge is 0.481 e. The van der Waals surface area contributed by atoms with E-state index >= 15 is 0 Å². The second-order valence-electron chi connectivity index (χ2n) is 4.41. The van der Waals surface area contributed by atoms with E-state index in [9.17, 15) is 9.18 Å². The molecule has 0 aliphatic carbocycles. The molecule has 0 aliphatic rings. The topological polar surface area (TPSA) is 39.4 Å². The number of fused-ring (bicyclic) bond motifs is 1. The number of furan rings is 1. The van der Waals surface area contributed by atoms with Gasteiger partial charge < -0.3 is 9.15 Å². The lowest BCUT2D eigenvalue weighted by atomic mass is 10.2. The number of hydrogen-bond acceptors (Lipinski definition) is 3. The summed E-state index contributed by atoms with van der Waals surface area (Å²) in [4.78, 5) is 12.0. The average Bonchev–Trinajstić information content (AvgIpc) is 2.90. The minimum absolute atomic E-state index is 0.118. The third-order valence-corrected chi connectivity index (χ3v) is 3.26. The lowest BCUT2D eigenvalue weighted by Crippen LogP contribution is -2.11. The Hall–Kier alpha value is -2.33. The van der Waals surface area contributed by atoms with Gasteiger partial charge in [0, 0.05) is 5.39 Å². The third kappa shape index (κ3) is 2.76. The van der Waals surface area contributed by atoms with Crippen LogP contribution in [0.1, 0.15) is 10.6 Å². The SMILES string of the molecule is O=C(COc1c(F)cccc1Cl)c1cc2ccccc2o1. The maximum absolute atomic E-state index is 13.5. The Morgan fingerprint density at radius 1 is 1.19 bits per heavy atom. The lowest BCUT2D eigenvalue weighted by Gasteiger charge is -2.07. The molecule has 0 spiro atoms. The van der Waals surface area contributed by atoms with E-state index in [1.54, 1.807) is 12.1 Å². The van der Waals surface area contributed by atoms with Crippen LogP contribution < -0.4 is 4.74 Å². The average molecular weight is 305 g/mol. The van der Waals surface area contributed by atoms with Gasteiger partial charge in [0.1, 0.15) is 5.58 Å². The number of carbonyl (C=O) groups is 1. The Bertz CT molecular complexity index is 757. The van der Waals surface area contributed by atoms with Gasteiger partial charge in [-0.15, -0.1) is 0 Å². The monoisotopic (exact) mass is 304 g/mol. The Kier molecular flexibility index (Phi) is 3.62. The number of halogens is 2. The number of ether oxygens (including phenoxy) is 1. The fraction of sp³-hybridized carbons (Fsp3) is 0.0625. The molecule has 3 rings (SSSR count). The van der Waals surface area contributed by atoms with E-state index in [0.29, 0.717) is 5.58 Å². The Labute approximate surface area is 124 Å². The van der Waals surface area contributed by atoms with Crippen LogP contribution in [-0.4, -0.2) is 12.4 Å². The molecular weight excluding hydrogens is 295 g/mol. The van der Waals surface area contributed by atoms with Gasteiger partial charge >= 0.3 is 0 Å². The van der Waals surface area contributed by atoms with Gasteiger partial charge in [-0.3, -0.25) is 4.79 Å². The van der Waals surface area contributed by atoms with Crippen LogP contribution in [0, 0.1) is 5.82 Å². The highest BCUT2D eigenvalue weighted by Gasteiger charge is 2.15. The van der Waals surface area contributed by atoms with E-state index in [0.717, 1.165) is 5.39 Å². The molecular formula is C16H10ClFO3. The van der Waals surface area contributed by atoms with Crippen molar-refractivity contribution in [3.05, 3.63) is 65.1 Å². The molecule has 106 valence electrons. The summed E-state index contributed by atoms with van der Waals surface area (Å²) in [5.74, 6) is -0.960. The van der Waals surface area contributed by atoms with Crippen LogP contribution in [0.4, 0.5) is 4.39 Å². The fourth-order valence-corrected chi connectivity index (χ4v) is 2.17. The zero-order valence-electron chi connectivity index (χ0n) is 10.8. The van der Waals surface area contributed by atoms with Crippen LogP contribution in [0.3, 0.4) is 0 Å². The predicted octanol–water partition coefficient (Wildman–Crippen LogP) is 4.49. The summed E-state index contributed by atoms with van der Waals surface area (Å²) in [5, 5.41) is 0.942. The standard InChI is InChI=1S/C16H10ClFO3/c17-11-5-3-6-12(18)16(11)20-9-13(19)15-8-10-4-1-2-7-14(10)21-15/h1-8H,9H2. The molecule has 0 N–H and O–H groups in total. The maximum Gasteiger partial charge on any atom is 0.235 e. The maximum atomic E-state index is 13.5. The summed E-state index contributed by atoms with van der Waals surface area (Å²) in [7, 11) is 0. The van der Waals surface area contributed by atoms with Gasteiger partial charge in [-0.05, 0) is 24.3 Å². The Morgan fingerprint density at radius 2 is 2.00 bits per heavy atom. The minimum Gasteiger partial charge on any atom is -0.481 e. The Balaban J connectivity index is 1.77. The molecule has 0 aliphatic heterocycles. The van der Waals surface area contributed by atoms with E-state index in [1.807, 2.05) is 18.2 Å². The molecule has 0 saturated carbocycles. The smallest absolute Gasteiger partial charge is 0.235 e. The quantitative estimate of drug-likeness (QED) is 0.667. The molecule has 0 atom stereocenters. The number of rotatable bonds is 4. The van der Waals surface area contributed by atoms with Crippen molar-refractivity contribution >= 4 is 28.4 Å². The normalized spacial score (nSPS) is 10.8. The zero-order chi connectivity index (χ0) is 14.8. The second-order valence-corrected chi connectivity index (χ2v) is 4.82. The number of para-hydroxylation sites is 2. The number of benzene rings is 2. The van der Waals surface area contributed by atoms with Gasteiger partial charge in [0.25, 0.3) is 0 Å². The Morgan fingerprint density at radius 3 is 2.76 bits per heavy atom. The highest BCUT2D eigenvalue weighted by Crippen LogP contribution is 2.27. The predicted molar refractivity (Wildman–Crippen MR) is 77.4 cm³/mol. The summed E-state index contributed by atoms with van der Waals surface area (Å²) in [5.41, 5.74) is 0.616. The van der Waals surface area contributed by atoms with Gasteiger partial charge in [-0.2, -0.15) is 0 Å². The van der Waals surface area contributed by atoms with Gasteiger partial charge in [0.2, 0.25) is 5.78 Å². The van der Waals surface area contributed by atoms with Crippen LogP contribution in [0.15, 0.2) is 52.9 Å². The molecule has 21 heavy (non-hydrogen) atoms. The molecule has 1 aromatic heterocycles. The van der Waals surface area contributed by atoms with Crippen molar-refractivity contribution in [3.8, 4) is 5.75 Å². The molecule has 0 radical (unpaired) electrons. The van der Waals surface area contributed by atoms with Crippen molar-refractivity contribution in [3.63, 3.8) is 0 Å². The molecule has 0 amide bonds. The number of Topliss-reactive ketones (excluding diaryl/α,β-unsaturated/α-hetero) is 1. The summed E-state index contributed by atoms with van der Waals surface area (Å²) < 4.78 is 24.1. The molecule has 0 unspecified atom stereocenters. The lowest BCUT2D eigenvalue weighted by molar-refractivity contribution is 0.0893. The number of hydrogen-bond donors (Lipinski definition) is 0. The van der Waals surface area contributed by atoms with Crippen molar-refractivity contribution in [2.75, 3.05) is 6.61 Å². The van der Waals surface area contributed by atoms with Gasteiger partial charge in [0.15, 0.2) is 23.9 Å². The first-order chi connectivity index (χ1) is 10.1. The van der Waals surface area contributed by atoms with E-state index < -0.39 is 5.82 Å². The molecule has 3 aromatic rings. The van der Waals surface area contributed by atoms with Crippen LogP contribution >= 0.6 is 11.6 Å². The summed E-state index contributed by atoms with van der Waals surface area (Å²) in [6.07, 6.45) is 0. The van der Waals surface area contributed by atoms with E-state index in [-0.39, 0.29) is 28.9 Å². The van der Waals surface area contributed by atoms with Crippen LogP contribution in [0.2, 0.25) is 5.02 Å². The van der Waals surface area contributed by atoms with E-state index in [4.69, 9.17) is 20.8 Å². The van der Waals surface area contributed by atoms with Crippen LogP contribution in [0.25, 0.3) is 11.0 Å². The summed E-state index contributed by atoms with van der Waals surface area (Å²) in [6.45, 7) is -0.347. The molecule has 0 fully saturated rings. The van der Waals surface area contributed by atoms with E-state index in [1.165, 1.54) is 18.2 Å². The number of ketones is 1. The van der Waals surface area contributed by atoms with Crippen LogP contribution in [0.5, 0.6) is 5.75 Å². The molecule has 0 saturated heterocycles. The van der Waals surface area contributed by atoms with Crippen molar-refractivity contribution < 1.29 is 18.3 Å². The second kappa shape index (κ2) is 5.58. The molecule has 1 heterocycles. The van der Waals surface area contributed by atoms with Crippen molar-refractivity contribution in [2.24, 2.45) is 0 Å².